The first kappa shape index (κ1) is 19.8. The third-order valence-electron chi connectivity index (χ3n) is 6.66. The minimum Gasteiger partial charge on any atom is -0.454 e. The zero-order chi connectivity index (χ0) is 23.4. The molecule has 0 saturated heterocycles. The van der Waals surface area contributed by atoms with E-state index in [0.29, 0.717) is 5.75 Å². The average Bonchev–Trinajstić information content (AvgIpc) is 3.52. The molecule has 172 valence electrons. The summed E-state index contributed by atoms with van der Waals surface area (Å²) >= 11 is 0. The molecule has 8 heteroatoms. The van der Waals surface area contributed by atoms with Crippen LogP contribution >= 0.6 is 0 Å². The van der Waals surface area contributed by atoms with Gasteiger partial charge in [0.15, 0.2) is 11.6 Å². The predicted octanol–water partition coefficient (Wildman–Crippen LogP) is 5.64. The van der Waals surface area contributed by atoms with Crippen molar-refractivity contribution in [1.82, 2.24) is 20.2 Å². The maximum Gasteiger partial charge on any atom is 0.222 e. The Balaban J connectivity index is 1.25. The second kappa shape index (κ2) is 7.46. The lowest BCUT2D eigenvalue weighted by Crippen LogP contribution is -2.25. The fourth-order valence-corrected chi connectivity index (χ4v) is 4.78. The van der Waals surface area contributed by atoms with Crippen LogP contribution in [0.2, 0.25) is 0 Å². The number of ether oxygens (including phenoxy) is 1. The van der Waals surface area contributed by atoms with Crippen LogP contribution in [0.25, 0.3) is 22.2 Å². The van der Waals surface area contributed by atoms with E-state index in [1.54, 1.807) is 0 Å². The van der Waals surface area contributed by atoms with E-state index in [2.05, 4.69) is 55.1 Å². The van der Waals surface area contributed by atoms with Gasteiger partial charge >= 0.3 is 0 Å². The lowest BCUT2D eigenvalue weighted by molar-refractivity contribution is 0.492. The van der Waals surface area contributed by atoms with Crippen LogP contribution in [-0.4, -0.2) is 25.7 Å². The summed E-state index contributed by atoms with van der Waals surface area (Å²) in [5.41, 5.74) is 10.8. The van der Waals surface area contributed by atoms with E-state index in [9.17, 15) is 0 Å². The van der Waals surface area contributed by atoms with Gasteiger partial charge in [0.05, 0.1) is 22.3 Å². The predicted molar refractivity (Wildman–Crippen MR) is 137 cm³/mol. The number of hydrogen-bond acceptors (Lipinski definition) is 7. The molecule has 7 rings (SSSR count). The number of aromatic amines is 1. The van der Waals surface area contributed by atoms with E-state index in [1.807, 2.05) is 48.5 Å². The van der Waals surface area contributed by atoms with E-state index in [1.165, 1.54) is 5.56 Å². The van der Waals surface area contributed by atoms with Crippen LogP contribution in [0.4, 0.5) is 23.3 Å². The second-order valence-electron chi connectivity index (χ2n) is 9.26. The first-order valence-corrected chi connectivity index (χ1v) is 11.7. The van der Waals surface area contributed by atoms with E-state index in [-0.39, 0.29) is 11.5 Å². The molecule has 5 aromatic rings. The number of nitrogen functional groups attached to an aromatic ring is 1. The summed E-state index contributed by atoms with van der Waals surface area (Å²) in [5.74, 6) is 3.13. The highest BCUT2D eigenvalue weighted by molar-refractivity contribution is 6.00. The smallest absolute Gasteiger partial charge is 0.222 e. The number of hydrogen-bond donors (Lipinski definition) is 4. The summed E-state index contributed by atoms with van der Waals surface area (Å²) in [5, 5.41) is 15.5. The Labute approximate surface area is 201 Å². The maximum atomic E-state index is 6.30. The number of H-pyrrole nitrogens is 1. The van der Waals surface area contributed by atoms with Crippen molar-refractivity contribution < 1.29 is 4.74 Å². The molecule has 8 nitrogen and oxygen atoms in total. The third kappa shape index (κ3) is 3.59. The lowest BCUT2D eigenvalue weighted by Gasteiger charge is -2.19. The van der Waals surface area contributed by atoms with Crippen molar-refractivity contribution in [2.75, 3.05) is 16.4 Å². The quantitative estimate of drug-likeness (QED) is 0.263. The number of anilines is 4. The molecule has 2 aromatic heterocycles. The van der Waals surface area contributed by atoms with Gasteiger partial charge in [-0.15, -0.1) is 0 Å². The Morgan fingerprint density at radius 2 is 1.77 bits per heavy atom. The summed E-state index contributed by atoms with van der Waals surface area (Å²) in [6.07, 6.45) is 3.13. The van der Waals surface area contributed by atoms with E-state index >= 15 is 0 Å². The van der Waals surface area contributed by atoms with Crippen LogP contribution in [0.3, 0.4) is 0 Å². The SMILES string of the molecule is Nc1nc(NC2(Cc3ccccc3)CC2)cc(-c2cc3c4c(n[nH]c4c2)Nc2ccccc2O3)n1. The van der Waals surface area contributed by atoms with E-state index in [4.69, 9.17) is 10.5 Å². The van der Waals surface area contributed by atoms with Crippen molar-refractivity contribution in [2.24, 2.45) is 0 Å². The van der Waals surface area contributed by atoms with E-state index < -0.39 is 0 Å². The number of nitrogens with two attached hydrogens (primary N) is 1. The number of rotatable bonds is 5. The molecular formula is C27H23N7O. The van der Waals surface area contributed by atoms with Crippen LogP contribution < -0.4 is 21.1 Å². The Morgan fingerprint density at radius 3 is 2.63 bits per heavy atom. The number of fused-ring (bicyclic) bond motifs is 1. The zero-order valence-electron chi connectivity index (χ0n) is 18.9. The van der Waals surface area contributed by atoms with Gasteiger partial charge < -0.3 is 21.1 Å². The van der Waals surface area contributed by atoms with Crippen LogP contribution in [-0.2, 0) is 6.42 Å². The number of aromatic nitrogens is 4. The molecule has 0 radical (unpaired) electrons. The summed E-state index contributed by atoms with van der Waals surface area (Å²) in [6, 6.07) is 24.3. The Bertz CT molecular complexity index is 1570. The number of nitrogens with one attached hydrogen (secondary N) is 3. The molecule has 1 fully saturated rings. The largest absolute Gasteiger partial charge is 0.454 e. The van der Waals surface area contributed by atoms with Gasteiger partial charge in [0.1, 0.15) is 11.6 Å². The van der Waals surface area contributed by atoms with Gasteiger partial charge in [-0.25, -0.2) is 4.98 Å². The molecule has 2 aliphatic rings. The summed E-state index contributed by atoms with van der Waals surface area (Å²) < 4.78 is 6.30. The number of nitrogens with zero attached hydrogens (tertiary/aromatic N) is 3. The maximum absolute atomic E-state index is 6.30. The summed E-state index contributed by atoms with van der Waals surface area (Å²) in [6.45, 7) is 0. The van der Waals surface area contributed by atoms with Gasteiger partial charge in [0.25, 0.3) is 0 Å². The molecule has 35 heavy (non-hydrogen) atoms. The van der Waals surface area contributed by atoms with Gasteiger partial charge in [-0.2, -0.15) is 10.1 Å². The van der Waals surface area contributed by atoms with Crippen molar-refractivity contribution in [3.63, 3.8) is 0 Å². The van der Waals surface area contributed by atoms with E-state index in [0.717, 1.165) is 64.5 Å². The van der Waals surface area contributed by atoms with Crippen LogP contribution in [0.5, 0.6) is 11.5 Å². The summed E-state index contributed by atoms with van der Waals surface area (Å²) in [7, 11) is 0. The molecule has 3 heterocycles. The molecule has 0 unspecified atom stereocenters. The fourth-order valence-electron chi connectivity index (χ4n) is 4.78. The lowest BCUT2D eigenvalue weighted by atomic mass is 10.0. The van der Waals surface area contributed by atoms with Crippen molar-refractivity contribution in [2.45, 2.75) is 24.8 Å². The number of para-hydroxylation sites is 2. The Kier molecular flexibility index (Phi) is 4.23. The van der Waals surface area contributed by atoms with Crippen molar-refractivity contribution in [1.29, 1.82) is 0 Å². The first-order valence-electron chi connectivity index (χ1n) is 11.7. The minimum atomic E-state index is 0.00402. The Morgan fingerprint density at radius 1 is 0.943 bits per heavy atom. The summed E-state index contributed by atoms with van der Waals surface area (Å²) in [4.78, 5) is 9.02. The minimum absolute atomic E-state index is 0.00402. The average molecular weight is 462 g/mol. The molecule has 5 N–H and O–H groups in total. The Hall–Kier alpha value is -4.59. The van der Waals surface area contributed by atoms with Crippen molar-refractivity contribution in [3.05, 3.63) is 78.4 Å². The monoisotopic (exact) mass is 461 g/mol. The van der Waals surface area contributed by atoms with Gasteiger partial charge in [-0.05, 0) is 49.1 Å². The molecule has 3 aromatic carbocycles. The molecule has 0 amide bonds. The fraction of sp³-hybridized carbons (Fsp3) is 0.148. The molecular weight excluding hydrogens is 438 g/mol. The van der Waals surface area contributed by atoms with Gasteiger partial charge in [0, 0.05) is 17.2 Å². The van der Waals surface area contributed by atoms with Crippen molar-refractivity contribution in [3.8, 4) is 22.8 Å². The highest BCUT2D eigenvalue weighted by Gasteiger charge is 2.43. The normalized spacial score (nSPS) is 15.0. The van der Waals surface area contributed by atoms with Crippen LogP contribution in [0, 0.1) is 0 Å². The van der Waals surface area contributed by atoms with Crippen LogP contribution in [0.15, 0.2) is 72.8 Å². The zero-order valence-corrected chi connectivity index (χ0v) is 18.9. The molecule has 1 aliphatic heterocycles. The molecule has 0 atom stereocenters. The molecule has 1 saturated carbocycles. The highest BCUT2D eigenvalue weighted by Crippen LogP contribution is 2.45. The third-order valence-corrected chi connectivity index (χ3v) is 6.66. The molecule has 0 bridgehead atoms. The second-order valence-corrected chi connectivity index (χ2v) is 9.26. The highest BCUT2D eigenvalue weighted by atomic mass is 16.5. The molecule has 0 spiro atoms. The topological polar surface area (TPSA) is 114 Å². The van der Waals surface area contributed by atoms with Gasteiger partial charge in [-0.3, -0.25) is 5.10 Å². The van der Waals surface area contributed by atoms with Gasteiger partial charge in [-0.1, -0.05) is 42.5 Å². The number of benzene rings is 3. The van der Waals surface area contributed by atoms with Gasteiger partial charge in [0.2, 0.25) is 5.95 Å². The van der Waals surface area contributed by atoms with Crippen molar-refractivity contribution >= 4 is 34.2 Å². The van der Waals surface area contributed by atoms with Crippen LogP contribution in [0.1, 0.15) is 18.4 Å². The first-order chi connectivity index (χ1) is 17.1. The molecule has 1 aliphatic carbocycles. The standard InChI is InChI=1S/C27H23N7O/c28-26-30-19(14-23(31-26)32-27(10-11-27)15-16-6-2-1-3-7-16)17-12-20-24-22(13-17)35-21-9-5-4-8-18(21)29-25(24)34-33-20/h1-9,12-14H,10-11,15H2,(H2,29,33,34)(H3,28,30,31,32).